The fraction of sp³-hybridized carbons (Fsp3) is 0.250. The highest BCUT2D eigenvalue weighted by Gasteiger charge is 2.38. The highest BCUT2D eigenvalue weighted by Crippen LogP contribution is 2.34. The number of benzene rings is 4. The number of hydrogen-bond donors (Lipinski definition) is 4. The molecule has 6 aromatic rings. The first-order valence-electron chi connectivity index (χ1n) is 16.9. The minimum Gasteiger partial charge on any atom is -0.391 e. The number of hydrogen-bond acceptors (Lipinski definition) is 6. The number of aliphatic hydroxyl groups excluding tert-OH is 2. The molecule has 10 nitrogen and oxygen atoms in total. The van der Waals surface area contributed by atoms with Gasteiger partial charge in [0.2, 0.25) is 11.8 Å². The number of aromatic nitrogens is 4. The number of nitrogens with one attached hydrogen (secondary N) is 2. The molecular weight excluding hydrogens is 628 g/mol. The number of aromatic amines is 2. The fourth-order valence-corrected chi connectivity index (χ4v) is 7.12. The van der Waals surface area contributed by atoms with Gasteiger partial charge in [-0.2, -0.15) is 0 Å². The van der Waals surface area contributed by atoms with Crippen LogP contribution in [0.3, 0.4) is 0 Å². The molecule has 4 heterocycles. The molecule has 4 atom stereocenters. The predicted octanol–water partition coefficient (Wildman–Crippen LogP) is 4.59. The standard InChI is InChI=1S/C40H36N6O4/c47-29-21-35(45(23-29)37(49)19-25-7-3-1-4-8-25)39-41-31-15-13-27(17-33(31)43-39)11-12-28-14-16-32-34(18-28)44-40(42-32)36-22-30(48)24-46(36)38(50)20-26-9-5-2-6-10-26/h1-10,13-18,29-30,35-36,47-48H,19-24H2,(H,41,43)(H,42,44)/t29-,30-,35+,36+/m1/s1. The van der Waals surface area contributed by atoms with Crippen LogP contribution in [0.4, 0.5) is 0 Å². The minimum atomic E-state index is -0.608. The van der Waals surface area contributed by atoms with E-state index in [2.05, 4.69) is 21.8 Å². The molecule has 4 aromatic carbocycles. The molecule has 4 N–H and O–H groups in total. The van der Waals surface area contributed by atoms with Crippen LogP contribution in [0.15, 0.2) is 97.1 Å². The van der Waals surface area contributed by atoms with Crippen LogP contribution in [0, 0.1) is 11.8 Å². The summed E-state index contributed by atoms with van der Waals surface area (Å²) in [5, 5.41) is 20.9. The molecule has 10 heteroatoms. The molecule has 2 fully saturated rings. The molecular formula is C40H36N6O4. The zero-order valence-corrected chi connectivity index (χ0v) is 27.3. The van der Waals surface area contributed by atoms with E-state index in [0.29, 0.717) is 24.5 Å². The number of carbonyl (C=O) groups excluding carboxylic acids is 2. The van der Waals surface area contributed by atoms with Crippen molar-refractivity contribution in [3.63, 3.8) is 0 Å². The zero-order chi connectivity index (χ0) is 34.2. The third kappa shape index (κ3) is 6.49. The van der Waals surface area contributed by atoms with Gasteiger partial charge in [-0.3, -0.25) is 9.59 Å². The maximum atomic E-state index is 13.2. The number of nitrogens with zero attached hydrogens (tertiary/aromatic N) is 4. The van der Waals surface area contributed by atoms with Crippen molar-refractivity contribution in [1.82, 2.24) is 29.7 Å². The predicted molar refractivity (Wildman–Crippen MR) is 189 cm³/mol. The largest absolute Gasteiger partial charge is 0.391 e. The van der Waals surface area contributed by atoms with E-state index in [9.17, 15) is 19.8 Å². The number of aliphatic hydroxyl groups is 2. The molecule has 0 saturated carbocycles. The molecule has 0 radical (unpaired) electrons. The van der Waals surface area contributed by atoms with Crippen molar-refractivity contribution in [2.45, 2.75) is 50.0 Å². The van der Waals surface area contributed by atoms with E-state index in [1.54, 1.807) is 9.80 Å². The second-order valence-electron chi connectivity index (χ2n) is 13.2. The van der Waals surface area contributed by atoms with Gasteiger partial charge in [0.15, 0.2) is 0 Å². The highest BCUT2D eigenvalue weighted by molar-refractivity contribution is 5.82. The van der Waals surface area contributed by atoms with Crippen LogP contribution in [0.25, 0.3) is 22.1 Å². The average molecular weight is 665 g/mol. The third-order valence-corrected chi connectivity index (χ3v) is 9.58. The Labute approximate surface area is 288 Å². The van der Waals surface area contributed by atoms with Crippen LogP contribution in [0.5, 0.6) is 0 Å². The van der Waals surface area contributed by atoms with E-state index in [0.717, 1.165) is 44.3 Å². The second kappa shape index (κ2) is 13.3. The van der Waals surface area contributed by atoms with Crippen LogP contribution in [0.2, 0.25) is 0 Å². The maximum Gasteiger partial charge on any atom is 0.227 e. The van der Waals surface area contributed by atoms with Crippen LogP contribution < -0.4 is 0 Å². The maximum absolute atomic E-state index is 13.2. The van der Waals surface area contributed by atoms with Crippen molar-refractivity contribution < 1.29 is 19.8 Å². The second-order valence-corrected chi connectivity index (χ2v) is 13.2. The van der Waals surface area contributed by atoms with E-state index >= 15 is 0 Å². The molecule has 50 heavy (non-hydrogen) atoms. The van der Waals surface area contributed by atoms with Gasteiger partial charge in [0.1, 0.15) is 11.6 Å². The summed E-state index contributed by atoms with van der Waals surface area (Å²) in [5.74, 6) is 7.72. The summed E-state index contributed by atoms with van der Waals surface area (Å²) in [6.07, 6.45) is 0.174. The molecule has 2 saturated heterocycles. The van der Waals surface area contributed by atoms with Crippen molar-refractivity contribution in [3.8, 4) is 11.8 Å². The van der Waals surface area contributed by atoms with E-state index in [1.807, 2.05) is 97.1 Å². The van der Waals surface area contributed by atoms with Gasteiger partial charge in [-0.1, -0.05) is 72.5 Å². The van der Waals surface area contributed by atoms with Crippen molar-refractivity contribution in [2.24, 2.45) is 0 Å². The quantitative estimate of drug-likeness (QED) is 0.192. The number of rotatable bonds is 6. The van der Waals surface area contributed by atoms with Crippen LogP contribution in [0.1, 0.15) is 58.8 Å². The molecule has 0 aliphatic carbocycles. The van der Waals surface area contributed by atoms with Crippen molar-refractivity contribution >= 4 is 33.9 Å². The highest BCUT2D eigenvalue weighted by atomic mass is 16.3. The molecule has 0 spiro atoms. The van der Waals surface area contributed by atoms with Gasteiger partial charge >= 0.3 is 0 Å². The van der Waals surface area contributed by atoms with Crippen molar-refractivity contribution in [3.05, 3.63) is 131 Å². The number of fused-ring (bicyclic) bond motifs is 2. The number of H-pyrrole nitrogens is 2. The molecule has 0 bridgehead atoms. The number of β-amino-alcohol motifs (C(OH)–C–C–N with tert-alkyl or cyclic N) is 2. The van der Waals surface area contributed by atoms with Crippen LogP contribution in [-0.4, -0.2) is 77.1 Å². The van der Waals surface area contributed by atoms with Gasteiger partial charge < -0.3 is 30.0 Å². The Morgan fingerprint density at radius 3 is 1.48 bits per heavy atom. The Morgan fingerprint density at radius 2 is 1.06 bits per heavy atom. The van der Waals surface area contributed by atoms with Crippen LogP contribution >= 0.6 is 0 Å². The van der Waals surface area contributed by atoms with Crippen molar-refractivity contribution in [1.29, 1.82) is 0 Å². The summed E-state index contributed by atoms with van der Waals surface area (Å²) >= 11 is 0. The zero-order valence-electron chi connectivity index (χ0n) is 27.3. The lowest BCUT2D eigenvalue weighted by molar-refractivity contribution is -0.132. The van der Waals surface area contributed by atoms with Crippen LogP contribution in [-0.2, 0) is 22.4 Å². The van der Waals surface area contributed by atoms with Gasteiger partial charge in [-0.05, 0) is 47.5 Å². The lowest BCUT2D eigenvalue weighted by atomic mass is 10.1. The minimum absolute atomic E-state index is 0.0409. The first kappa shape index (κ1) is 31.5. The van der Waals surface area contributed by atoms with Crippen molar-refractivity contribution in [2.75, 3.05) is 13.1 Å². The molecule has 0 unspecified atom stereocenters. The van der Waals surface area contributed by atoms with Gasteiger partial charge in [0.05, 0.1) is 59.2 Å². The van der Waals surface area contributed by atoms with Gasteiger partial charge in [0, 0.05) is 37.1 Å². The molecule has 2 amide bonds. The third-order valence-electron chi connectivity index (χ3n) is 9.58. The molecule has 250 valence electrons. The average Bonchev–Trinajstić information content (AvgIpc) is 3.92. The van der Waals surface area contributed by atoms with E-state index < -0.39 is 12.2 Å². The summed E-state index contributed by atoms with van der Waals surface area (Å²) in [6, 6.07) is 30.1. The van der Waals surface area contributed by atoms with Gasteiger partial charge in [0.25, 0.3) is 0 Å². The molecule has 2 aliphatic rings. The van der Waals surface area contributed by atoms with E-state index in [1.165, 1.54) is 0 Å². The Hall–Kier alpha value is -5.76. The van der Waals surface area contributed by atoms with E-state index in [4.69, 9.17) is 9.97 Å². The normalized spacial score (nSPS) is 20.4. The lowest BCUT2D eigenvalue weighted by Gasteiger charge is -2.23. The van der Waals surface area contributed by atoms with Gasteiger partial charge in [-0.15, -0.1) is 0 Å². The smallest absolute Gasteiger partial charge is 0.227 e. The lowest BCUT2D eigenvalue weighted by Crippen LogP contribution is -2.33. The molecule has 2 aromatic heterocycles. The SMILES string of the molecule is O=C(Cc1ccccc1)N1C[C@H](O)C[C@H]1c1nc2ccc(C#Cc3ccc4nc([C@@H]5C[C@@H](O)CN5C(=O)Cc5ccccc5)[nH]c4c3)cc2[nH]1. The Kier molecular flexibility index (Phi) is 8.36. The number of imidazole rings is 2. The summed E-state index contributed by atoms with van der Waals surface area (Å²) in [5.41, 5.74) is 6.62. The Balaban J connectivity index is 0.986. The number of carbonyl (C=O) groups is 2. The summed E-state index contributed by atoms with van der Waals surface area (Å²) < 4.78 is 0. The monoisotopic (exact) mass is 664 g/mol. The topological polar surface area (TPSA) is 138 Å². The Morgan fingerprint density at radius 1 is 0.640 bits per heavy atom. The first-order chi connectivity index (χ1) is 24.4. The number of likely N-dealkylation sites (tertiary alicyclic amines) is 2. The molecule has 2 aliphatic heterocycles. The first-order valence-corrected chi connectivity index (χ1v) is 16.9. The number of amides is 2. The fourth-order valence-electron chi connectivity index (χ4n) is 7.12. The summed E-state index contributed by atoms with van der Waals surface area (Å²) in [7, 11) is 0. The van der Waals surface area contributed by atoms with Gasteiger partial charge in [-0.25, -0.2) is 9.97 Å². The molecule has 8 rings (SSSR count). The van der Waals surface area contributed by atoms with E-state index in [-0.39, 0.29) is 49.8 Å². The Bertz CT molecular complexity index is 2100. The summed E-state index contributed by atoms with van der Waals surface area (Å²) in [4.78, 5) is 46.2. The summed E-state index contributed by atoms with van der Waals surface area (Å²) in [6.45, 7) is 0.555.